The molecule has 3 aromatic rings. The summed E-state index contributed by atoms with van der Waals surface area (Å²) < 4.78 is 0. The molecule has 5 rings (SSSR count). The van der Waals surface area contributed by atoms with Gasteiger partial charge in [0.05, 0.1) is 16.0 Å². The van der Waals surface area contributed by atoms with Gasteiger partial charge in [-0.25, -0.2) is 0 Å². The molecule has 2 fully saturated rings. The zero-order chi connectivity index (χ0) is 20.9. The van der Waals surface area contributed by atoms with Crippen LogP contribution in [-0.2, 0) is 15.0 Å². The Morgan fingerprint density at radius 3 is 1.83 bits per heavy atom. The van der Waals surface area contributed by atoms with Gasteiger partial charge in [0, 0.05) is 24.0 Å². The van der Waals surface area contributed by atoms with Crippen molar-refractivity contribution < 1.29 is 14.5 Å². The number of carbonyl (C=O) groups excluding carboxylic acids is 2. The summed E-state index contributed by atoms with van der Waals surface area (Å²) in [5.41, 5.74) is 0.925. The third kappa shape index (κ3) is 2.37. The molecule has 1 saturated carbocycles. The average Bonchev–Trinajstić information content (AvgIpc) is 3.38. The number of nitro groups is 1. The number of rotatable bonds is 4. The first-order valence-electron chi connectivity index (χ1n) is 9.72. The fourth-order valence-corrected chi connectivity index (χ4v) is 4.97. The number of carbonyl (C=O) groups is 2. The highest BCUT2D eigenvalue weighted by Crippen LogP contribution is 2.72. The summed E-state index contributed by atoms with van der Waals surface area (Å²) >= 11 is 0. The zero-order valence-electron chi connectivity index (χ0n) is 16.0. The van der Waals surface area contributed by atoms with E-state index in [4.69, 9.17) is 0 Å². The molecule has 1 spiro atoms. The SMILES string of the molecule is O=C1CC2(CC2(c2ccccc2)c2ccccc2)C(=O)N1c1ccc([N+](=O)[O-])cc1. The van der Waals surface area contributed by atoms with Crippen LogP contribution in [0.5, 0.6) is 0 Å². The third-order valence-electron chi connectivity index (χ3n) is 6.43. The van der Waals surface area contributed by atoms with Crippen molar-refractivity contribution in [1.29, 1.82) is 0 Å². The number of nitrogens with zero attached hydrogens (tertiary/aromatic N) is 2. The highest BCUT2D eigenvalue weighted by atomic mass is 16.6. The Morgan fingerprint density at radius 1 is 0.800 bits per heavy atom. The van der Waals surface area contributed by atoms with E-state index in [1.165, 1.54) is 29.2 Å². The van der Waals surface area contributed by atoms with Gasteiger partial charge < -0.3 is 0 Å². The Morgan fingerprint density at radius 2 is 1.33 bits per heavy atom. The molecule has 6 heteroatoms. The van der Waals surface area contributed by atoms with Crippen LogP contribution in [0.15, 0.2) is 84.9 Å². The van der Waals surface area contributed by atoms with Crippen molar-refractivity contribution in [3.05, 3.63) is 106 Å². The molecule has 0 aromatic heterocycles. The largest absolute Gasteiger partial charge is 0.274 e. The summed E-state index contributed by atoms with van der Waals surface area (Å²) in [6, 6.07) is 25.2. The van der Waals surface area contributed by atoms with Crippen LogP contribution in [0.2, 0.25) is 0 Å². The van der Waals surface area contributed by atoms with E-state index in [1.54, 1.807) is 0 Å². The van der Waals surface area contributed by atoms with Crippen LogP contribution in [-0.4, -0.2) is 16.7 Å². The summed E-state index contributed by atoms with van der Waals surface area (Å²) in [4.78, 5) is 38.3. The molecule has 3 aromatic carbocycles. The molecule has 2 aliphatic rings. The highest BCUT2D eigenvalue weighted by Gasteiger charge is 2.77. The number of nitro benzene ring substituents is 1. The summed E-state index contributed by atoms with van der Waals surface area (Å²) in [5, 5.41) is 10.9. The number of anilines is 1. The van der Waals surface area contributed by atoms with Gasteiger partial charge in [0.2, 0.25) is 11.8 Å². The van der Waals surface area contributed by atoms with E-state index in [0.717, 1.165) is 11.1 Å². The normalized spacial score (nSPS) is 21.8. The van der Waals surface area contributed by atoms with Crippen molar-refractivity contribution in [3.63, 3.8) is 0 Å². The number of hydrogen-bond acceptors (Lipinski definition) is 4. The van der Waals surface area contributed by atoms with Crippen molar-refractivity contribution in [2.45, 2.75) is 18.3 Å². The molecule has 0 radical (unpaired) electrons. The average molecular weight is 398 g/mol. The van der Waals surface area contributed by atoms with E-state index in [-0.39, 0.29) is 23.9 Å². The molecule has 1 aliphatic heterocycles. The van der Waals surface area contributed by atoms with E-state index in [9.17, 15) is 19.7 Å². The Kier molecular flexibility index (Phi) is 3.86. The Bertz CT molecular complexity index is 1120. The van der Waals surface area contributed by atoms with Crippen molar-refractivity contribution in [2.75, 3.05) is 4.90 Å². The van der Waals surface area contributed by atoms with E-state index in [2.05, 4.69) is 0 Å². The first-order valence-corrected chi connectivity index (χ1v) is 9.72. The van der Waals surface area contributed by atoms with E-state index >= 15 is 0 Å². The lowest BCUT2D eigenvalue weighted by Gasteiger charge is -2.23. The fraction of sp³-hybridized carbons (Fsp3) is 0.167. The Balaban J connectivity index is 1.59. The number of non-ortho nitro benzene ring substituents is 1. The maximum atomic E-state index is 13.7. The molecule has 1 heterocycles. The van der Waals surface area contributed by atoms with Gasteiger partial charge in [0.15, 0.2) is 0 Å². The molecule has 2 amide bonds. The second-order valence-electron chi connectivity index (χ2n) is 7.88. The minimum Gasteiger partial charge on any atom is -0.274 e. The summed E-state index contributed by atoms with van der Waals surface area (Å²) in [6.07, 6.45) is 0.675. The van der Waals surface area contributed by atoms with Crippen LogP contribution in [0.4, 0.5) is 11.4 Å². The molecular formula is C24H18N2O4. The maximum absolute atomic E-state index is 13.7. The zero-order valence-corrected chi connectivity index (χ0v) is 16.0. The van der Waals surface area contributed by atoms with Crippen LogP contribution in [0, 0.1) is 15.5 Å². The number of benzene rings is 3. The Labute approximate surface area is 172 Å². The molecule has 148 valence electrons. The van der Waals surface area contributed by atoms with Gasteiger partial charge in [0.1, 0.15) is 0 Å². The fourth-order valence-electron chi connectivity index (χ4n) is 4.97. The minimum absolute atomic E-state index is 0.0816. The number of amides is 2. The lowest BCUT2D eigenvalue weighted by Crippen LogP contribution is -2.33. The number of imide groups is 1. The molecule has 1 aliphatic carbocycles. The van der Waals surface area contributed by atoms with Gasteiger partial charge in [-0.05, 0) is 29.7 Å². The van der Waals surface area contributed by atoms with Crippen LogP contribution < -0.4 is 4.90 Å². The van der Waals surface area contributed by atoms with Gasteiger partial charge in [-0.15, -0.1) is 0 Å². The molecule has 0 bridgehead atoms. The Hall–Kier alpha value is -3.80. The van der Waals surface area contributed by atoms with E-state index < -0.39 is 15.8 Å². The first-order chi connectivity index (χ1) is 14.5. The molecule has 30 heavy (non-hydrogen) atoms. The predicted molar refractivity (Wildman–Crippen MR) is 111 cm³/mol. The molecular weight excluding hydrogens is 380 g/mol. The van der Waals surface area contributed by atoms with Gasteiger partial charge in [-0.3, -0.25) is 24.6 Å². The molecule has 6 nitrogen and oxygen atoms in total. The van der Waals surface area contributed by atoms with Crippen LogP contribution >= 0.6 is 0 Å². The van der Waals surface area contributed by atoms with Crippen LogP contribution in [0.1, 0.15) is 24.0 Å². The van der Waals surface area contributed by atoms with Gasteiger partial charge >= 0.3 is 0 Å². The highest BCUT2D eigenvalue weighted by molar-refractivity contribution is 6.25. The summed E-state index contributed by atoms with van der Waals surface area (Å²) in [7, 11) is 0. The van der Waals surface area contributed by atoms with Gasteiger partial charge in [-0.2, -0.15) is 0 Å². The van der Waals surface area contributed by atoms with Crippen LogP contribution in [0.3, 0.4) is 0 Å². The third-order valence-corrected chi connectivity index (χ3v) is 6.43. The molecule has 0 N–H and O–H groups in total. The quantitative estimate of drug-likeness (QED) is 0.374. The van der Waals surface area contributed by atoms with E-state index in [0.29, 0.717) is 12.1 Å². The molecule has 1 saturated heterocycles. The standard InChI is InChI=1S/C24H18N2O4/c27-21-15-23(22(28)25(21)19-11-13-20(14-12-19)26(29)30)16-24(23,17-7-3-1-4-8-17)18-9-5-2-6-10-18/h1-14H,15-16H2. The topological polar surface area (TPSA) is 80.5 Å². The lowest BCUT2D eigenvalue weighted by atomic mass is 9.79. The predicted octanol–water partition coefficient (Wildman–Crippen LogP) is 4.23. The van der Waals surface area contributed by atoms with Crippen molar-refractivity contribution in [1.82, 2.24) is 0 Å². The maximum Gasteiger partial charge on any atom is 0.269 e. The second kappa shape index (κ2) is 6.35. The lowest BCUT2D eigenvalue weighted by molar-refractivity contribution is -0.384. The van der Waals surface area contributed by atoms with Crippen molar-refractivity contribution in [3.8, 4) is 0 Å². The van der Waals surface area contributed by atoms with Crippen LogP contribution in [0.25, 0.3) is 0 Å². The summed E-state index contributed by atoms with van der Waals surface area (Å²) in [5.74, 6) is -0.517. The smallest absolute Gasteiger partial charge is 0.269 e. The van der Waals surface area contributed by atoms with Crippen molar-refractivity contribution >= 4 is 23.2 Å². The second-order valence-corrected chi connectivity index (χ2v) is 7.88. The van der Waals surface area contributed by atoms with Gasteiger partial charge in [0.25, 0.3) is 5.69 Å². The van der Waals surface area contributed by atoms with Crippen molar-refractivity contribution in [2.24, 2.45) is 5.41 Å². The molecule has 1 unspecified atom stereocenters. The van der Waals surface area contributed by atoms with E-state index in [1.807, 2.05) is 60.7 Å². The minimum atomic E-state index is -0.839. The first kappa shape index (κ1) is 18.2. The summed E-state index contributed by atoms with van der Waals surface area (Å²) in [6.45, 7) is 0. The monoisotopic (exact) mass is 398 g/mol. The van der Waals surface area contributed by atoms with Gasteiger partial charge in [-0.1, -0.05) is 60.7 Å². The number of hydrogen-bond donors (Lipinski definition) is 0. The molecule has 1 atom stereocenters.